The molecule has 2 N–H and O–H groups in total. The lowest BCUT2D eigenvalue weighted by Gasteiger charge is -2.08. The molecule has 0 amide bonds. The van der Waals surface area contributed by atoms with E-state index in [0.29, 0.717) is 12.2 Å². The molecule has 0 radical (unpaired) electrons. The molecule has 0 atom stereocenters. The van der Waals surface area contributed by atoms with Crippen molar-refractivity contribution in [1.29, 1.82) is 0 Å². The number of nitrogens with zero attached hydrogens (tertiary/aromatic N) is 1. The van der Waals surface area contributed by atoms with Gasteiger partial charge >= 0.3 is 5.97 Å². The summed E-state index contributed by atoms with van der Waals surface area (Å²) < 4.78 is 20.8. The van der Waals surface area contributed by atoms with Gasteiger partial charge in [-0.15, -0.1) is 0 Å². The van der Waals surface area contributed by atoms with Crippen LogP contribution in [0, 0.1) is 5.82 Å². The molecular weight excluding hydrogens is 355 g/mol. The van der Waals surface area contributed by atoms with Crippen LogP contribution in [-0.4, -0.2) is 17.1 Å². The van der Waals surface area contributed by atoms with Gasteiger partial charge in [-0.25, -0.2) is 9.18 Å². The molecule has 0 saturated carbocycles. The van der Waals surface area contributed by atoms with E-state index in [9.17, 15) is 9.18 Å². The number of benzene rings is 3. The Morgan fingerprint density at radius 1 is 1.11 bits per heavy atom. The zero-order valence-corrected chi connectivity index (χ0v) is 15.8. The molecular formula is C23H21FN2O2. The van der Waals surface area contributed by atoms with Crippen molar-refractivity contribution in [3.63, 3.8) is 0 Å². The van der Waals surface area contributed by atoms with E-state index in [1.165, 1.54) is 12.1 Å². The summed E-state index contributed by atoms with van der Waals surface area (Å²) in [7, 11) is 1.90. The van der Waals surface area contributed by atoms with Crippen LogP contribution >= 0.6 is 0 Å². The standard InChI is InChI=1S/C23H21FN2O2/c1-3-28-23(27)22-19-9-7-15(12-20(19)26(2)21(22)13-25)17-6-4-5-14-11-16(24)8-10-18(14)17/h4-12H,3,13,25H2,1-2H3. The Labute approximate surface area is 162 Å². The van der Waals surface area contributed by atoms with E-state index in [-0.39, 0.29) is 18.3 Å². The highest BCUT2D eigenvalue weighted by molar-refractivity contribution is 6.07. The van der Waals surface area contributed by atoms with Crippen LogP contribution in [0.15, 0.2) is 54.6 Å². The molecule has 0 bridgehead atoms. The number of hydrogen-bond acceptors (Lipinski definition) is 3. The Morgan fingerprint density at radius 2 is 1.89 bits per heavy atom. The minimum absolute atomic E-state index is 0.238. The molecule has 4 nitrogen and oxygen atoms in total. The van der Waals surface area contributed by atoms with Gasteiger partial charge in [0.25, 0.3) is 0 Å². The lowest BCUT2D eigenvalue weighted by atomic mass is 9.97. The predicted octanol–water partition coefficient (Wildman–Crippen LogP) is 4.77. The summed E-state index contributed by atoms with van der Waals surface area (Å²) >= 11 is 0. The number of rotatable bonds is 4. The number of aromatic nitrogens is 1. The summed E-state index contributed by atoms with van der Waals surface area (Å²) in [5.74, 6) is -0.615. The van der Waals surface area contributed by atoms with Crippen molar-refractivity contribution in [2.75, 3.05) is 6.61 Å². The van der Waals surface area contributed by atoms with Crippen LogP contribution in [0.4, 0.5) is 4.39 Å². The number of fused-ring (bicyclic) bond motifs is 2. The predicted molar refractivity (Wildman–Crippen MR) is 110 cm³/mol. The summed E-state index contributed by atoms with van der Waals surface area (Å²) in [6.07, 6.45) is 0. The largest absolute Gasteiger partial charge is 0.462 e. The van der Waals surface area contributed by atoms with Crippen LogP contribution < -0.4 is 5.73 Å². The van der Waals surface area contributed by atoms with Crippen LogP contribution in [-0.2, 0) is 18.3 Å². The van der Waals surface area contributed by atoms with Crippen molar-refractivity contribution in [2.24, 2.45) is 12.8 Å². The van der Waals surface area contributed by atoms with Crippen molar-refractivity contribution in [3.8, 4) is 11.1 Å². The maximum Gasteiger partial charge on any atom is 0.340 e. The summed E-state index contributed by atoms with van der Waals surface area (Å²) in [4.78, 5) is 12.5. The highest BCUT2D eigenvalue weighted by Gasteiger charge is 2.21. The molecule has 0 unspecified atom stereocenters. The van der Waals surface area contributed by atoms with Crippen LogP contribution in [0.3, 0.4) is 0 Å². The lowest BCUT2D eigenvalue weighted by Crippen LogP contribution is -2.12. The van der Waals surface area contributed by atoms with E-state index in [1.807, 2.05) is 48.0 Å². The number of carbonyl (C=O) groups is 1. The highest BCUT2D eigenvalue weighted by atomic mass is 19.1. The molecule has 4 rings (SSSR count). The second kappa shape index (κ2) is 7.09. The van der Waals surface area contributed by atoms with Crippen LogP contribution in [0.1, 0.15) is 23.0 Å². The molecule has 1 aromatic heterocycles. The van der Waals surface area contributed by atoms with Gasteiger partial charge in [0.15, 0.2) is 0 Å². The van der Waals surface area contributed by atoms with E-state index < -0.39 is 0 Å². The molecule has 4 aromatic rings. The van der Waals surface area contributed by atoms with Gasteiger partial charge in [0.1, 0.15) is 5.82 Å². The van der Waals surface area contributed by atoms with Gasteiger partial charge in [-0.2, -0.15) is 0 Å². The first-order chi connectivity index (χ1) is 13.5. The first-order valence-corrected chi connectivity index (χ1v) is 9.22. The summed E-state index contributed by atoms with van der Waals surface area (Å²) in [5.41, 5.74) is 10.1. The van der Waals surface area contributed by atoms with Gasteiger partial charge < -0.3 is 15.0 Å². The van der Waals surface area contributed by atoms with Gasteiger partial charge in [-0.1, -0.05) is 36.4 Å². The van der Waals surface area contributed by atoms with E-state index in [2.05, 4.69) is 0 Å². The summed E-state index contributed by atoms with van der Waals surface area (Å²) in [5, 5.41) is 2.64. The SMILES string of the molecule is CCOC(=O)c1c(CN)n(C)c2cc(-c3cccc4cc(F)ccc34)ccc12. The average molecular weight is 376 g/mol. The number of ether oxygens (including phenoxy) is 1. The van der Waals surface area contributed by atoms with Gasteiger partial charge in [0, 0.05) is 30.2 Å². The molecule has 142 valence electrons. The zero-order valence-electron chi connectivity index (χ0n) is 15.8. The maximum absolute atomic E-state index is 13.6. The average Bonchev–Trinajstić information content (AvgIpc) is 2.98. The third-order valence-corrected chi connectivity index (χ3v) is 5.15. The summed E-state index contributed by atoms with van der Waals surface area (Å²) in [6, 6.07) is 16.6. The minimum atomic E-state index is -0.359. The third-order valence-electron chi connectivity index (χ3n) is 5.15. The Morgan fingerprint density at radius 3 is 2.64 bits per heavy atom. The van der Waals surface area contributed by atoms with Crippen molar-refractivity contribution in [2.45, 2.75) is 13.5 Å². The summed E-state index contributed by atoms with van der Waals surface area (Å²) in [6.45, 7) is 2.33. The van der Waals surface area contributed by atoms with Crippen molar-refractivity contribution in [1.82, 2.24) is 4.57 Å². The Kier molecular flexibility index (Phi) is 4.61. The Balaban J connectivity index is 1.95. The molecule has 0 fully saturated rings. The quantitative estimate of drug-likeness (QED) is 0.522. The topological polar surface area (TPSA) is 57.2 Å². The second-order valence-electron chi connectivity index (χ2n) is 6.71. The second-order valence-corrected chi connectivity index (χ2v) is 6.71. The smallest absolute Gasteiger partial charge is 0.340 e. The number of nitrogens with two attached hydrogens (primary N) is 1. The lowest BCUT2D eigenvalue weighted by molar-refractivity contribution is 0.0527. The molecule has 1 heterocycles. The van der Waals surface area contributed by atoms with E-state index in [0.717, 1.165) is 38.5 Å². The van der Waals surface area contributed by atoms with Gasteiger partial charge in [0.2, 0.25) is 0 Å². The van der Waals surface area contributed by atoms with Crippen molar-refractivity contribution in [3.05, 3.63) is 71.7 Å². The number of halogens is 1. The molecule has 0 saturated heterocycles. The number of esters is 1. The fraction of sp³-hybridized carbons (Fsp3) is 0.174. The first-order valence-electron chi connectivity index (χ1n) is 9.22. The van der Waals surface area contributed by atoms with Gasteiger partial charge in [-0.3, -0.25) is 0 Å². The van der Waals surface area contributed by atoms with Gasteiger partial charge in [-0.05, 0) is 47.0 Å². The number of hydrogen-bond donors (Lipinski definition) is 1. The first kappa shape index (κ1) is 18.2. The van der Waals surface area contributed by atoms with Gasteiger partial charge in [0.05, 0.1) is 12.2 Å². The molecule has 0 aliphatic carbocycles. The van der Waals surface area contributed by atoms with Crippen LogP contribution in [0.25, 0.3) is 32.8 Å². The fourth-order valence-corrected chi connectivity index (χ4v) is 3.83. The molecule has 0 spiro atoms. The third kappa shape index (κ3) is 2.84. The Hall–Kier alpha value is -3.18. The van der Waals surface area contributed by atoms with Crippen LogP contribution in [0.5, 0.6) is 0 Å². The zero-order chi connectivity index (χ0) is 19.8. The van der Waals surface area contributed by atoms with E-state index in [1.54, 1.807) is 13.0 Å². The van der Waals surface area contributed by atoms with Crippen molar-refractivity contribution < 1.29 is 13.9 Å². The fourth-order valence-electron chi connectivity index (χ4n) is 3.83. The molecule has 5 heteroatoms. The molecule has 0 aliphatic heterocycles. The maximum atomic E-state index is 13.6. The molecule has 3 aromatic carbocycles. The normalized spacial score (nSPS) is 11.3. The molecule has 28 heavy (non-hydrogen) atoms. The number of aryl methyl sites for hydroxylation is 1. The van der Waals surface area contributed by atoms with E-state index in [4.69, 9.17) is 10.5 Å². The minimum Gasteiger partial charge on any atom is -0.462 e. The van der Waals surface area contributed by atoms with E-state index >= 15 is 0 Å². The Bertz CT molecular complexity index is 1210. The monoisotopic (exact) mass is 376 g/mol. The highest BCUT2D eigenvalue weighted by Crippen LogP contribution is 2.34. The van der Waals surface area contributed by atoms with Crippen molar-refractivity contribution >= 4 is 27.6 Å². The number of carbonyl (C=O) groups excluding carboxylic acids is 1. The molecule has 0 aliphatic rings. The van der Waals surface area contributed by atoms with Crippen LogP contribution in [0.2, 0.25) is 0 Å².